The van der Waals surface area contributed by atoms with Crippen molar-refractivity contribution in [1.82, 2.24) is 14.8 Å². The normalized spacial score (nSPS) is 13.7. The molecule has 2 amide bonds. The minimum Gasteiger partial charge on any atom is -0.394 e. The number of benzene rings is 2. The molecule has 0 radical (unpaired) electrons. The van der Waals surface area contributed by atoms with E-state index < -0.39 is 6.04 Å². The second-order valence-electron chi connectivity index (χ2n) is 9.48. The van der Waals surface area contributed by atoms with Crippen molar-refractivity contribution in [3.63, 3.8) is 0 Å². The zero-order chi connectivity index (χ0) is 26.8. The summed E-state index contributed by atoms with van der Waals surface area (Å²) < 4.78 is 19.0. The zero-order valence-electron chi connectivity index (χ0n) is 22.0. The van der Waals surface area contributed by atoms with Gasteiger partial charge in [0.15, 0.2) is 0 Å². The van der Waals surface area contributed by atoms with Crippen LogP contribution in [0.25, 0.3) is 11.3 Å². The Morgan fingerprint density at radius 2 is 1.76 bits per heavy atom. The van der Waals surface area contributed by atoms with Crippen molar-refractivity contribution in [2.75, 3.05) is 39.2 Å². The molecule has 0 aliphatic heterocycles. The number of methoxy groups -OCH3 is 1. The maximum atomic E-state index is 13.2. The molecule has 37 heavy (non-hydrogen) atoms. The molecule has 3 atom stereocenters. The first kappa shape index (κ1) is 28.2. The average Bonchev–Trinajstić information content (AvgIpc) is 2.92. The predicted octanol–water partition coefficient (Wildman–Crippen LogP) is 4.89. The van der Waals surface area contributed by atoms with Crippen LogP contribution in [-0.4, -0.2) is 71.9 Å². The van der Waals surface area contributed by atoms with Gasteiger partial charge in [-0.05, 0) is 55.9 Å². The summed E-state index contributed by atoms with van der Waals surface area (Å²) in [5.74, 6) is -0.379. The molecule has 0 bridgehead atoms. The summed E-state index contributed by atoms with van der Waals surface area (Å²) >= 11 is 0. The molecule has 1 heterocycles. The number of carbonyl (C=O) groups is 1. The summed E-state index contributed by atoms with van der Waals surface area (Å²) in [6.07, 6.45) is 1.66. The minimum absolute atomic E-state index is 0.00745. The van der Waals surface area contributed by atoms with Crippen LogP contribution in [0, 0.1) is 11.7 Å². The Kier molecular flexibility index (Phi) is 10.6. The molecule has 7 nitrogen and oxygen atoms in total. The Hall–Kier alpha value is -3.33. The Morgan fingerprint density at radius 1 is 1.05 bits per heavy atom. The fourth-order valence-corrected chi connectivity index (χ4v) is 4.20. The second kappa shape index (κ2) is 13.8. The number of ether oxygens (including phenoxy) is 1. The number of anilines is 1. The van der Waals surface area contributed by atoms with Crippen LogP contribution in [0.15, 0.2) is 72.9 Å². The van der Waals surface area contributed by atoms with Crippen LogP contribution in [0.3, 0.4) is 0 Å². The van der Waals surface area contributed by atoms with Crippen molar-refractivity contribution in [2.24, 2.45) is 5.92 Å². The van der Waals surface area contributed by atoms with E-state index in [1.807, 2.05) is 32.2 Å². The van der Waals surface area contributed by atoms with Gasteiger partial charge in [0.05, 0.1) is 24.4 Å². The first-order valence-electron chi connectivity index (χ1n) is 12.5. The van der Waals surface area contributed by atoms with Gasteiger partial charge in [-0.3, -0.25) is 9.88 Å². The number of urea groups is 1. The second-order valence-corrected chi connectivity index (χ2v) is 9.48. The predicted molar refractivity (Wildman–Crippen MR) is 145 cm³/mol. The van der Waals surface area contributed by atoms with Crippen LogP contribution >= 0.6 is 0 Å². The highest BCUT2D eigenvalue weighted by Gasteiger charge is 2.27. The van der Waals surface area contributed by atoms with Crippen molar-refractivity contribution in [2.45, 2.75) is 32.5 Å². The van der Waals surface area contributed by atoms with Crippen molar-refractivity contribution in [3.8, 4) is 11.3 Å². The Labute approximate surface area is 218 Å². The van der Waals surface area contributed by atoms with E-state index in [4.69, 9.17) is 4.74 Å². The van der Waals surface area contributed by atoms with Crippen LogP contribution in [-0.2, 0) is 11.3 Å². The largest absolute Gasteiger partial charge is 0.394 e. The van der Waals surface area contributed by atoms with E-state index >= 15 is 0 Å². The molecule has 198 valence electrons. The zero-order valence-corrected chi connectivity index (χ0v) is 22.0. The van der Waals surface area contributed by atoms with Crippen molar-refractivity contribution >= 4 is 11.7 Å². The SMILES string of the molecule is CO[C@@H](CN(C)Cc1ccc(-c2ccccn2)cc1)[C@@H](C)CN(C(=O)Nc1ccc(F)cc1)[C@H](C)CO. The minimum atomic E-state index is -0.393. The van der Waals surface area contributed by atoms with Gasteiger partial charge >= 0.3 is 6.03 Å². The van der Waals surface area contributed by atoms with Crippen molar-refractivity contribution in [1.29, 1.82) is 0 Å². The number of nitrogens with zero attached hydrogens (tertiary/aromatic N) is 3. The number of aliphatic hydroxyl groups is 1. The maximum Gasteiger partial charge on any atom is 0.322 e. The van der Waals surface area contributed by atoms with Gasteiger partial charge in [-0.2, -0.15) is 0 Å². The van der Waals surface area contributed by atoms with E-state index in [1.54, 1.807) is 25.1 Å². The molecule has 0 aliphatic rings. The highest BCUT2D eigenvalue weighted by Crippen LogP contribution is 2.19. The topological polar surface area (TPSA) is 77.9 Å². The van der Waals surface area contributed by atoms with Gasteiger partial charge in [0.25, 0.3) is 0 Å². The Balaban J connectivity index is 1.59. The third-order valence-corrected chi connectivity index (χ3v) is 6.43. The third kappa shape index (κ3) is 8.35. The lowest BCUT2D eigenvalue weighted by Crippen LogP contribution is -2.48. The van der Waals surface area contributed by atoms with Gasteiger partial charge in [0.1, 0.15) is 5.82 Å². The van der Waals surface area contributed by atoms with Crippen molar-refractivity contribution in [3.05, 3.63) is 84.3 Å². The molecule has 0 fully saturated rings. The van der Waals surface area contributed by atoms with Gasteiger partial charge in [-0.15, -0.1) is 0 Å². The van der Waals surface area contributed by atoms with Gasteiger partial charge in [-0.1, -0.05) is 37.3 Å². The fraction of sp³-hybridized carbons (Fsp3) is 0.379. The van der Waals surface area contributed by atoms with Gasteiger partial charge in [0.2, 0.25) is 0 Å². The van der Waals surface area contributed by atoms with E-state index in [0.717, 1.165) is 17.8 Å². The number of likely N-dealkylation sites (N-methyl/N-ethyl adjacent to an activating group) is 1. The maximum absolute atomic E-state index is 13.2. The van der Waals surface area contributed by atoms with Gasteiger partial charge < -0.3 is 20.1 Å². The van der Waals surface area contributed by atoms with Crippen LogP contribution in [0.2, 0.25) is 0 Å². The van der Waals surface area contributed by atoms with Crippen LogP contribution in [0.4, 0.5) is 14.9 Å². The van der Waals surface area contributed by atoms with Crippen LogP contribution in [0.5, 0.6) is 0 Å². The summed E-state index contributed by atoms with van der Waals surface area (Å²) in [6.45, 7) is 5.46. The molecule has 0 saturated carbocycles. The first-order chi connectivity index (χ1) is 17.8. The summed E-state index contributed by atoms with van der Waals surface area (Å²) in [5, 5.41) is 12.5. The van der Waals surface area contributed by atoms with Crippen molar-refractivity contribution < 1.29 is 19.0 Å². The molecule has 1 aromatic heterocycles. The quantitative estimate of drug-likeness (QED) is 0.364. The molecule has 3 rings (SSSR count). The number of pyridine rings is 1. The third-order valence-electron chi connectivity index (χ3n) is 6.43. The number of amides is 2. The number of carbonyl (C=O) groups excluding carboxylic acids is 1. The molecule has 0 unspecified atom stereocenters. The Morgan fingerprint density at radius 3 is 2.35 bits per heavy atom. The molecule has 8 heteroatoms. The molecule has 3 aromatic rings. The van der Waals surface area contributed by atoms with E-state index in [2.05, 4.69) is 39.5 Å². The summed E-state index contributed by atoms with van der Waals surface area (Å²) in [5.41, 5.74) is 3.69. The molecule has 0 aliphatic carbocycles. The number of nitrogens with one attached hydrogen (secondary N) is 1. The van der Waals surface area contributed by atoms with E-state index in [0.29, 0.717) is 18.8 Å². The van der Waals surface area contributed by atoms with E-state index in [9.17, 15) is 14.3 Å². The monoisotopic (exact) mass is 508 g/mol. The van der Waals surface area contributed by atoms with Crippen LogP contribution < -0.4 is 5.32 Å². The number of aromatic nitrogens is 1. The first-order valence-corrected chi connectivity index (χ1v) is 12.5. The molecular weight excluding hydrogens is 471 g/mol. The standard InChI is InChI=1S/C29H37FN4O3/c1-21(17-34(22(2)20-35)29(36)32-26-14-12-25(30)13-15-26)28(37-4)19-33(3)18-23-8-10-24(11-9-23)27-7-5-6-16-31-27/h5-16,21-22,28,35H,17-20H2,1-4H3,(H,32,36)/t21-,22+,28-/m0/s1. The number of hydrogen-bond acceptors (Lipinski definition) is 5. The number of hydrogen-bond donors (Lipinski definition) is 2. The highest BCUT2D eigenvalue weighted by atomic mass is 19.1. The van der Waals surface area contributed by atoms with E-state index in [-0.39, 0.29) is 30.5 Å². The average molecular weight is 509 g/mol. The fourth-order valence-electron chi connectivity index (χ4n) is 4.20. The molecular formula is C29H37FN4O3. The molecule has 2 N–H and O–H groups in total. The number of aliphatic hydroxyl groups excluding tert-OH is 1. The lowest BCUT2D eigenvalue weighted by molar-refractivity contribution is 0.0177. The smallest absolute Gasteiger partial charge is 0.322 e. The molecule has 0 saturated heterocycles. The molecule has 0 spiro atoms. The van der Waals surface area contributed by atoms with Crippen LogP contribution in [0.1, 0.15) is 19.4 Å². The number of rotatable bonds is 12. The summed E-state index contributed by atoms with van der Waals surface area (Å²) in [7, 11) is 3.72. The summed E-state index contributed by atoms with van der Waals surface area (Å²) in [4.78, 5) is 21.2. The van der Waals surface area contributed by atoms with Gasteiger partial charge in [-0.25, -0.2) is 9.18 Å². The lowest BCUT2D eigenvalue weighted by Gasteiger charge is -2.34. The Bertz CT molecular complexity index is 1100. The number of halogens is 1. The van der Waals surface area contributed by atoms with E-state index in [1.165, 1.54) is 29.8 Å². The summed E-state index contributed by atoms with van der Waals surface area (Å²) in [6, 6.07) is 19.1. The molecule has 2 aromatic carbocycles. The van der Waals surface area contributed by atoms with Gasteiger partial charge in [0, 0.05) is 50.1 Å². The lowest BCUT2D eigenvalue weighted by atomic mass is 10.0. The highest BCUT2D eigenvalue weighted by molar-refractivity contribution is 5.89.